The van der Waals surface area contributed by atoms with Crippen molar-refractivity contribution in [1.82, 2.24) is 4.98 Å². The summed E-state index contributed by atoms with van der Waals surface area (Å²) in [4.78, 5) is 3.81. The summed E-state index contributed by atoms with van der Waals surface area (Å²) in [5.41, 5.74) is 0. The van der Waals surface area contributed by atoms with Gasteiger partial charge in [-0.25, -0.2) is 9.37 Å². The third kappa shape index (κ3) is 1.86. The van der Waals surface area contributed by atoms with Crippen LogP contribution in [0.4, 0.5) is 4.39 Å². The molecule has 4 heteroatoms. The Kier molecular flexibility index (Phi) is 2.40. The van der Waals surface area contributed by atoms with E-state index in [0.717, 1.165) is 0 Å². The molecule has 1 nitrogen and oxygen atoms in total. The average molecular weight is 302 g/mol. The summed E-state index contributed by atoms with van der Waals surface area (Å²) in [5, 5.41) is 0. The molecule has 0 amide bonds. The Balaban J connectivity index is 3.17. The van der Waals surface area contributed by atoms with Crippen molar-refractivity contribution in [3.63, 3.8) is 0 Å². The number of pyridine rings is 1. The fourth-order valence-corrected chi connectivity index (χ4v) is 0.989. The lowest BCUT2D eigenvalue weighted by Crippen LogP contribution is -1.83. The van der Waals surface area contributed by atoms with Crippen LogP contribution in [0.2, 0.25) is 0 Å². The number of rotatable bonds is 0. The van der Waals surface area contributed by atoms with Gasteiger partial charge in [0.1, 0.15) is 10.4 Å². The number of nitrogens with zero attached hydrogens (tertiary/aromatic N) is 1. The van der Waals surface area contributed by atoms with Crippen LogP contribution in [0.25, 0.3) is 0 Å². The second kappa shape index (κ2) is 2.92. The molecule has 9 heavy (non-hydrogen) atoms. The molecular formula is C5H2BrFIN. The molecule has 1 heterocycles. The summed E-state index contributed by atoms with van der Waals surface area (Å²) < 4.78 is 13.6. The Bertz CT molecular complexity index is 228. The Labute approximate surface area is 73.9 Å². The number of halogens is 3. The van der Waals surface area contributed by atoms with Gasteiger partial charge in [0.05, 0.1) is 3.57 Å². The van der Waals surface area contributed by atoms with E-state index in [4.69, 9.17) is 0 Å². The standard InChI is InChI=1S/C5H2BrFIN/c6-5-1-3(7)4(8)2-9-5/h1-2H. The second-order valence-electron chi connectivity index (χ2n) is 1.42. The Hall–Kier alpha value is 0.290. The van der Waals surface area contributed by atoms with E-state index in [9.17, 15) is 4.39 Å². The van der Waals surface area contributed by atoms with Crippen LogP contribution in [0, 0.1) is 9.39 Å². The maximum Gasteiger partial charge on any atom is 0.140 e. The molecule has 1 rings (SSSR count). The lowest BCUT2D eigenvalue weighted by molar-refractivity contribution is 0.616. The molecule has 1 aromatic rings. The highest BCUT2D eigenvalue weighted by Crippen LogP contribution is 2.12. The fraction of sp³-hybridized carbons (Fsp3) is 0. The summed E-state index contributed by atoms with van der Waals surface area (Å²) in [7, 11) is 0. The maximum atomic E-state index is 12.5. The van der Waals surface area contributed by atoms with E-state index in [0.29, 0.717) is 8.17 Å². The second-order valence-corrected chi connectivity index (χ2v) is 3.40. The van der Waals surface area contributed by atoms with Crippen molar-refractivity contribution < 1.29 is 4.39 Å². The van der Waals surface area contributed by atoms with Gasteiger partial charge in [-0.2, -0.15) is 0 Å². The summed E-state index contributed by atoms with van der Waals surface area (Å²) in [6, 6.07) is 1.34. The number of hydrogen-bond acceptors (Lipinski definition) is 1. The molecule has 0 aliphatic carbocycles. The van der Waals surface area contributed by atoms with E-state index in [1.165, 1.54) is 12.3 Å². The van der Waals surface area contributed by atoms with Crippen molar-refractivity contribution in [2.75, 3.05) is 0 Å². The van der Waals surface area contributed by atoms with E-state index in [1.807, 2.05) is 22.6 Å². The van der Waals surface area contributed by atoms with Gasteiger partial charge in [-0.05, 0) is 38.5 Å². The number of hydrogen-bond donors (Lipinski definition) is 0. The minimum Gasteiger partial charge on any atom is -0.248 e. The van der Waals surface area contributed by atoms with Gasteiger partial charge >= 0.3 is 0 Å². The maximum absolute atomic E-state index is 12.5. The van der Waals surface area contributed by atoms with E-state index in [2.05, 4.69) is 20.9 Å². The molecule has 0 N–H and O–H groups in total. The molecule has 1 aromatic heterocycles. The summed E-state index contributed by atoms with van der Waals surface area (Å²) in [6.07, 6.45) is 1.47. The molecule has 0 saturated carbocycles. The van der Waals surface area contributed by atoms with E-state index in [-0.39, 0.29) is 5.82 Å². The number of aromatic nitrogens is 1. The minimum absolute atomic E-state index is 0.238. The fourth-order valence-electron chi connectivity index (χ4n) is 0.391. The van der Waals surface area contributed by atoms with Crippen molar-refractivity contribution in [2.24, 2.45) is 0 Å². The minimum atomic E-state index is -0.238. The molecule has 0 aliphatic rings. The first-order chi connectivity index (χ1) is 4.20. The SMILES string of the molecule is Fc1cc(Br)ncc1I. The van der Waals surface area contributed by atoms with Crippen LogP contribution in [-0.4, -0.2) is 4.98 Å². The van der Waals surface area contributed by atoms with Gasteiger partial charge in [0, 0.05) is 12.3 Å². The summed E-state index contributed by atoms with van der Waals surface area (Å²) in [5.74, 6) is -0.238. The smallest absolute Gasteiger partial charge is 0.140 e. The Morgan fingerprint density at radius 1 is 1.67 bits per heavy atom. The monoisotopic (exact) mass is 301 g/mol. The first-order valence-electron chi connectivity index (χ1n) is 2.16. The lowest BCUT2D eigenvalue weighted by atomic mass is 10.5. The lowest BCUT2D eigenvalue weighted by Gasteiger charge is -1.91. The van der Waals surface area contributed by atoms with Crippen LogP contribution in [0.3, 0.4) is 0 Å². The largest absolute Gasteiger partial charge is 0.248 e. The molecule has 0 aromatic carbocycles. The van der Waals surface area contributed by atoms with Crippen LogP contribution in [0.5, 0.6) is 0 Å². The molecular weight excluding hydrogens is 300 g/mol. The Morgan fingerprint density at radius 3 is 2.78 bits per heavy atom. The molecule has 0 unspecified atom stereocenters. The van der Waals surface area contributed by atoms with Gasteiger partial charge in [-0.15, -0.1) is 0 Å². The van der Waals surface area contributed by atoms with Crippen molar-refractivity contribution in [3.05, 3.63) is 26.3 Å². The highest BCUT2D eigenvalue weighted by atomic mass is 127. The molecule has 0 atom stereocenters. The molecule has 0 fully saturated rings. The first kappa shape index (κ1) is 7.40. The predicted molar refractivity (Wildman–Crippen MR) is 44.6 cm³/mol. The highest BCUT2D eigenvalue weighted by molar-refractivity contribution is 14.1. The van der Waals surface area contributed by atoms with Crippen LogP contribution in [-0.2, 0) is 0 Å². The Morgan fingerprint density at radius 2 is 2.33 bits per heavy atom. The van der Waals surface area contributed by atoms with E-state index in [1.54, 1.807) is 0 Å². The van der Waals surface area contributed by atoms with Crippen molar-refractivity contribution >= 4 is 38.5 Å². The average Bonchev–Trinajstić information content (AvgIpc) is 1.80. The van der Waals surface area contributed by atoms with Crippen molar-refractivity contribution in [1.29, 1.82) is 0 Å². The van der Waals surface area contributed by atoms with Gasteiger partial charge in [0.25, 0.3) is 0 Å². The van der Waals surface area contributed by atoms with Crippen molar-refractivity contribution in [2.45, 2.75) is 0 Å². The van der Waals surface area contributed by atoms with Gasteiger partial charge in [0.15, 0.2) is 0 Å². The van der Waals surface area contributed by atoms with Gasteiger partial charge in [-0.1, -0.05) is 0 Å². The molecule has 0 bridgehead atoms. The van der Waals surface area contributed by atoms with Crippen LogP contribution in [0.1, 0.15) is 0 Å². The van der Waals surface area contributed by atoms with Crippen LogP contribution < -0.4 is 0 Å². The topological polar surface area (TPSA) is 12.9 Å². The van der Waals surface area contributed by atoms with Gasteiger partial charge in [0.2, 0.25) is 0 Å². The van der Waals surface area contributed by atoms with E-state index >= 15 is 0 Å². The first-order valence-corrected chi connectivity index (χ1v) is 4.04. The zero-order chi connectivity index (χ0) is 6.85. The zero-order valence-electron chi connectivity index (χ0n) is 4.24. The molecule has 48 valence electrons. The van der Waals surface area contributed by atoms with Crippen LogP contribution >= 0.6 is 38.5 Å². The normalized spacial score (nSPS) is 9.67. The highest BCUT2D eigenvalue weighted by Gasteiger charge is 1.97. The predicted octanol–water partition coefficient (Wildman–Crippen LogP) is 2.59. The molecule has 0 aliphatic heterocycles. The van der Waals surface area contributed by atoms with Gasteiger partial charge < -0.3 is 0 Å². The third-order valence-electron chi connectivity index (χ3n) is 0.775. The van der Waals surface area contributed by atoms with E-state index < -0.39 is 0 Å². The summed E-state index contributed by atoms with van der Waals surface area (Å²) >= 11 is 4.92. The van der Waals surface area contributed by atoms with Gasteiger partial charge in [-0.3, -0.25) is 0 Å². The van der Waals surface area contributed by atoms with Crippen molar-refractivity contribution in [3.8, 4) is 0 Å². The quantitative estimate of drug-likeness (QED) is 0.530. The third-order valence-corrected chi connectivity index (χ3v) is 2.00. The molecule has 0 radical (unpaired) electrons. The summed E-state index contributed by atoms with van der Waals surface area (Å²) in [6.45, 7) is 0. The zero-order valence-corrected chi connectivity index (χ0v) is 7.98. The molecule has 0 spiro atoms. The molecule has 0 saturated heterocycles. The van der Waals surface area contributed by atoms with Crippen LogP contribution in [0.15, 0.2) is 16.9 Å².